The Bertz CT molecular complexity index is 376. The molecule has 0 aliphatic rings. The molecule has 0 radical (unpaired) electrons. The fourth-order valence-corrected chi connectivity index (χ4v) is 1.92. The molecule has 0 aromatic carbocycles. The van der Waals surface area contributed by atoms with Crippen LogP contribution >= 0.6 is 0 Å². The van der Waals surface area contributed by atoms with Gasteiger partial charge in [-0.15, -0.1) is 5.10 Å². The molecule has 0 unspecified atom stereocenters. The molecule has 0 bridgehead atoms. The quantitative estimate of drug-likeness (QED) is 0.683. The largest absolute Gasteiger partial charge is 0.391 e. The van der Waals surface area contributed by atoms with Crippen molar-refractivity contribution >= 4 is 5.91 Å². The Kier molecular flexibility index (Phi) is 5.77. The predicted molar refractivity (Wildman–Crippen MR) is 68.0 cm³/mol. The van der Waals surface area contributed by atoms with E-state index in [1.54, 1.807) is 6.92 Å². The van der Waals surface area contributed by atoms with E-state index in [1.807, 2.05) is 0 Å². The van der Waals surface area contributed by atoms with Crippen molar-refractivity contribution in [2.24, 2.45) is 5.73 Å². The molecule has 1 aromatic rings. The van der Waals surface area contributed by atoms with Crippen LogP contribution in [0.25, 0.3) is 0 Å². The van der Waals surface area contributed by atoms with E-state index in [4.69, 9.17) is 5.73 Å². The standard InChI is InChI=1S/C12H22N4O2/c1-3-4-5-6-7-10(9(2)17)16-8-14-12(15-16)11(13)18/h8-10,17H,3-7H2,1-2H3,(H2,13,18)/t9-,10+/m0/s1. The van der Waals surface area contributed by atoms with Crippen molar-refractivity contribution in [3.63, 3.8) is 0 Å². The second-order valence-electron chi connectivity index (χ2n) is 4.57. The Morgan fingerprint density at radius 1 is 1.50 bits per heavy atom. The number of aliphatic hydroxyl groups is 1. The van der Waals surface area contributed by atoms with Gasteiger partial charge in [-0.25, -0.2) is 9.67 Å². The molecule has 1 aromatic heterocycles. The summed E-state index contributed by atoms with van der Waals surface area (Å²) in [5.41, 5.74) is 5.10. The van der Waals surface area contributed by atoms with E-state index >= 15 is 0 Å². The second kappa shape index (κ2) is 7.10. The number of rotatable bonds is 8. The molecular weight excluding hydrogens is 232 g/mol. The van der Waals surface area contributed by atoms with Crippen LogP contribution in [0.4, 0.5) is 0 Å². The molecule has 0 saturated heterocycles. The molecule has 1 heterocycles. The topological polar surface area (TPSA) is 94.0 Å². The lowest BCUT2D eigenvalue weighted by molar-refractivity contribution is 0.0981. The molecule has 2 atom stereocenters. The van der Waals surface area contributed by atoms with E-state index in [1.165, 1.54) is 23.9 Å². The van der Waals surface area contributed by atoms with Gasteiger partial charge in [-0.3, -0.25) is 4.79 Å². The maximum absolute atomic E-state index is 10.9. The van der Waals surface area contributed by atoms with Crippen LogP contribution in [0.3, 0.4) is 0 Å². The minimum atomic E-state index is -0.649. The molecule has 102 valence electrons. The first-order chi connectivity index (χ1) is 8.56. The van der Waals surface area contributed by atoms with Crippen molar-refractivity contribution in [2.75, 3.05) is 0 Å². The van der Waals surface area contributed by atoms with Crippen molar-refractivity contribution in [1.82, 2.24) is 14.8 Å². The first-order valence-corrected chi connectivity index (χ1v) is 6.45. The minimum Gasteiger partial charge on any atom is -0.391 e. The summed E-state index contributed by atoms with van der Waals surface area (Å²) >= 11 is 0. The normalized spacial score (nSPS) is 14.4. The second-order valence-corrected chi connectivity index (χ2v) is 4.57. The molecule has 0 fully saturated rings. The first kappa shape index (κ1) is 14.6. The molecule has 0 saturated carbocycles. The maximum atomic E-state index is 10.9. The molecule has 3 N–H and O–H groups in total. The maximum Gasteiger partial charge on any atom is 0.288 e. The summed E-state index contributed by atoms with van der Waals surface area (Å²) in [6.07, 6.45) is 6.27. The van der Waals surface area contributed by atoms with Gasteiger partial charge < -0.3 is 10.8 Å². The van der Waals surface area contributed by atoms with Crippen molar-refractivity contribution in [2.45, 2.75) is 58.1 Å². The van der Waals surface area contributed by atoms with Gasteiger partial charge in [0.05, 0.1) is 12.1 Å². The van der Waals surface area contributed by atoms with E-state index < -0.39 is 12.0 Å². The Morgan fingerprint density at radius 2 is 2.22 bits per heavy atom. The van der Waals surface area contributed by atoms with E-state index in [-0.39, 0.29) is 11.9 Å². The van der Waals surface area contributed by atoms with E-state index in [9.17, 15) is 9.90 Å². The number of primary amides is 1. The number of hydrogen-bond acceptors (Lipinski definition) is 4. The highest BCUT2D eigenvalue weighted by Crippen LogP contribution is 2.19. The SMILES string of the molecule is CCCCCC[C@H]([C@H](C)O)n1cnc(C(N)=O)n1. The van der Waals surface area contributed by atoms with Crippen molar-refractivity contribution in [1.29, 1.82) is 0 Å². The number of aromatic nitrogens is 3. The van der Waals surface area contributed by atoms with Gasteiger partial charge >= 0.3 is 0 Å². The molecule has 6 heteroatoms. The third kappa shape index (κ3) is 4.10. The number of hydrogen-bond donors (Lipinski definition) is 2. The molecule has 0 aliphatic heterocycles. The lowest BCUT2D eigenvalue weighted by atomic mass is 10.0. The molecule has 18 heavy (non-hydrogen) atoms. The van der Waals surface area contributed by atoms with E-state index in [2.05, 4.69) is 17.0 Å². The fourth-order valence-electron chi connectivity index (χ4n) is 1.92. The van der Waals surface area contributed by atoms with Gasteiger partial charge in [0.15, 0.2) is 0 Å². The number of amides is 1. The number of unbranched alkanes of at least 4 members (excludes halogenated alkanes) is 3. The van der Waals surface area contributed by atoms with Crippen molar-refractivity contribution in [3.05, 3.63) is 12.2 Å². The summed E-state index contributed by atoms with van der Waals surface area (Å²) in [6, 6.07) is -0.151. The number of nitrogens with zero attached hydrogens (tertiary/aromatic N) is 3. The Balaban J connectivity index is 2.62. The van der Waals surface area contributed by atoms with Gasteiger partial charge in [-0.05, 0) is 13.3 Å². The number of carbonyl (C=O) groups is 1. The molecule has 1 rings (SSSR count). The summed E-state index contributed by atoms with van der Waals surface area (Å²) in [4.78, 5) is 14.8. The van der Waals surface area contributed by atoms with Crippen molar-refractivity contribution < 1.29 is 9.90 Å². The van der Waals surface area contributed by atoms with Gasteiger partial charge in [0.25, 0.3) is 5.91 Å². The summed E-state index contributed by atoms with van der Waals surface area (Å²) in [6.45, 7) is 3.87. The first-order valence-electron chi connectivity index (χ1n) is 6.45. The molecule has 1 amide bonds. The van der Waals surface area contributed by atoms with Crippen molar-refractivity contribution in [3.8, 4) is 0 Å². The monoisotopic (exact) mass is 254 g/mol. The number of nitrogens with two attached hydrogens (primary N) is 1. The summed E-state index contributed by atoms with van der Waals surface area (Å²) in [5.74, 6) is -0.654. The smallest absolute Gasteiger partial charge is 0.288 e. The Morgan fingerprint density at radius 3 is 2.72 bits per heavy atom. The van der Waals surface area contributed by atoms with Crippen LogP contribution in [-0.4, -0.2) is 31.9 Å². The van der Waals surface area contributed by atoms with Crippen LogP contribution in [0.15, 0.2) is 6.33 Å². The zero-order chi connectivity index (χ0) is 13.5. The summed E-state index contributed by atoms with van der Waals surface area (Å²) in [5, 5.41) is 13.8. The predicted octanol–water partition coefficient (Wildman–Crippen LogP) is 1.27. The highest BCUT2D eigenvalue weighted by atomic mass is 16.3. The highest BCUT2D eigenvalue weighted by Gasteiger charge is 2.19. The van der Waals surface area contributed by atoms with Gasteiger partial charge in [0, 0.05) is 0 Å². The molecule has 0 aliphatic carbocycles. The van der Waals surface area contributed by atoms with Gasteiger partial charge in [0.2, 0.25) is 5.82 Å². The van der Waals surface area contributed by atoms with Gasteiger partial charge in [-0.2, -0.15) is 0 Å². The zero-order valence-corrected chi connectivity index (χ0v) is 11.0. The third-order valence-corrected chi connectivity index (χ3v) is 2.98. The zero-order valence-electron chi connectivity index (χ0n) is 11.0. The lowest BCUT2D eigenvalue weighted by Gasteiger charge is -2.19. The molecule has 0 spiro atoms. The van der Waals surface area contributed by atoms with Crippen LogP contribution in [0.2, 0.25) is 0 Å². The van der Waals surface area contributed by atoms with Gasteiger partial charge in [-0.1, -0.05) is 32.6 Å². The Labute approximate surface area is 107 Å². The van der Waals surface area contributed by atoms with Crippen LogP contribution in [0.1, 0.15) is 62.6 Å². The fraction of sp³-hybridized carbons (Fsp3) is 0.750. The van der Waals surface area contributed by atoms with Crippen LogP contribution < -0.4 is 5.73 Å². The summed E-state index contributed by atoms with van der Waals surface area (Å²) < 4.78 is 1.54. The Hall–Kier alpha value is -1.43. The average molecular weight is 254 g/mol. The molecule has 6 nitrogen and oxygen atoms in total. The van der Waals surface area contributed by atoms with Crippen LogP contribution in [0, 0.1) is 0 Å². The van der Waals surface area contributed by atoms with Gasteiger partial charge in [0.1, 0.15) is 6.33 Å². The number of aliphatic hydroxyl groups excluding tert-OH is 1. The van der Waals surface area contributed by atoms with E-state index in [0.717, 1.165) is 19.3 Å². The number of carbonyl (C=O) groups excluding carboxylic acids is 1. The third-order valence-electron chi connectivity index (χ3n) is 2.98. The molecular formula is C12H22N4O2. The highest BCUT2D eigenvalue weighted by molar-refractivity contribution is 5.88. The van der Waals surface area contributed by atoms with E-state index in [0.29, 0.717) is 0 Å². The van der Waals surface area contributed by atoms with Crippen LogP contribution in [-0.2, 0) is 0 Å². The van der Waals surface area contributed by atoms with Crippen LogP contribution in [0.5, 0.6) is 0 Å². The minimum absolute atomic E-state index is 0.00536. The summed E-state index contributed by atoms with van der Waals surface area (Å²) in [7, 11) is 0. The lowest BCUT2D eigenvalue weighted by Crippen LogP contribution is -2.23. The average Bonchev–Trinajstić information content (AvgIpc) is 2.77.